The largest absolute Gasteiger partial charge is 0.389 e. The number of likely N-dealkylation sites (tertiary alicyclic amines) is 1. The Morgan fingerprint density at radius 1 is 1.07 bits per heavy atom. The van der Waals surface area contributed by atoms with E-state index in [0.717, 1.165) is 49.5 Å². The molecule has 1 aliphatic heterocycles. The average Bonchev–Trinajstić information content (AvgIpc) is 3.35. The molecule has 2 N–H and O–H groups in total. The van der Waals surface area contributed by atoms with Crippen molar-refractivity contribution in [1.29, 1.82) is 0 Å². The molecule has 3 heterocycles. The Labute approximate surface area is 176 Å². The quantitative estimate of drug-likeness (QED) is 0.509. The van der Waals surface area contributed by atoms with Gasteiger partial charge in [0.25, 0.3) is 0 Å². The lowest BCUT2D eigenvalue weighted by Crippen LogP contribution is -2.45. The average molecular weight is 402 g/mol. The topological polar surface area (TPSA) is 65.3 Å². The lowest BCUT2D eigenvalue weighted by atomic mass is 9.87. The fourth-order valence-corrected chi connectivity index (χ4v) is 4.53. The summed E-state index contributed by atoms with van der Waals surface area (Å²) < 4.78 is 5.54. The fraction of sp³-hybridized carbons (Fsp3) is 0.320. The predicted molar refractivity (Wildman–Crippen MR) is 118 cm³/mol. The molecule has 0 aliphatic carbocycles. The summed E-state index contributed by atoms with van der Waals surface area (Å²) in [7, 11) is 0. The minimum atomic E-state index is -0.737. The number of H-pyrrole nitrogens is 1. The first kappa shape index (κ1) is 19.1. The molecule has 0 saturated carbocycles. The molecule has 4 aromatic rings. The Bertz CT molecular complexity index is 1140. The second-order valence-electron chi connectivity index (χ2n) is 8.50. The molecular formula is C25H27N3O2. The maximum atomic E-state index is 11.2. The lowest BCUT2D eigenvalue weighted by Gasteiger charge is -2.37. The van der Waals surface area contributed by atoms with Crippen molar-refractivity contribution in [2.45, 2.75) is 38.3 Å². The zero-order valence-corrected chi connectivity index (χ0v) is 17.3. The smallest absolute Gasteiger partial charge is 0.140 e. The Morgan fingerprint density at radius 2 is 1.80 bits per heavy atom. The highest BCUT2D eigenvalue weighted by Gasteiger charge is 2.34. The third kappa shape index (κ3) is 3.78. The molecule has 30 heavy (non-hydrogen) atoms. The fourth-order valence-electron chi connectivity index (χ4n) is 4.53. The van der Waals surface area contributed by atoms with Gasteiger partial charge in [0.1, 0.15) is 11.5 Å². The first-order chi connectivity index (χ1) is 14.6. The van der Waals surface area contributed by atoms with Gasteiger partial charge in [-0.25, -0.2) is 0 Å². The molecule has 1 fully saturated rings. The Kier molecular flexibility index (Phi) is 4.93. The van der Waals surface area contributed by atoms with E-state index in [1.54, 1.807) is 0 Å². The number of aromatic nitrogens is 2. The monoisotopic (exact) mass is 401 g/mol. The lowest BCUT2D eigenvalue weighted by molar-refractivity contribution is -0.0265. The number of nitrogens with zero attached hydrogens (tertiary/aromatic N) is 2. The van der Waals surface area contributed by atoms with E-state index in [9.17, 15) is 5.11 Å². The Balaban J connectivity index is 1.23. The second-order valence-corrected chi connectivity index (χ2v) is 8.50. The molecule has 0 unspecified atom stereocenters. The van der Waals surface area contributed by atoms with Crippen molar-refractivity contribution in [3.8, 4) is 11.3 Å². The van der Waals surface area contributed by atoms with Crippen LogP contribution in [0.5, 0.6) is 0 Å². The minimum absolute atomic E-state index is 0.507. The van der Waals surface area contributed by atoms with Crippen molar-refractivity contribution in [3.63, 3.8) is 0 Å². The normalized spacial score (nSPS) is 16.9. The molecule has 0 spiro atoms. The van der Waals surface area contributed by atoms with Crippen molar-refractivity contribution >= 4 is 10.9 Å². The van der Waals surface area contributed by atoms with Crippen molar-refractivity contribution in [1.82, 2.24) is 15.0 Å². The molecule has 1 aliphatic rings. The summed E-state index contributed by atoms with van der Waals surface area (Å²) in [5, 5.41) is 16.6. The predicted octanol–water partition coefficient (Wildman–Crippen LogP) is 4.70. The van der Waals surface area contributed by atoms with E-state index in [-0.39, 0.29) is 0 Å². The van der Waals surface area contributed by atoms with Gasteiger partial charge in [-0.2, -0.15) is 0 Å². The third-order valence-electron chi connectivity index (χ3n) is 6.33. The van der Waals surface area contributed by atoms with Crippen LogP contribution in [0.3, 0.4) is 0 Å². The van der Waals surface area contributed by atoms with Crippen LogP contribution in [0.15, 0.2) is 65.2 Å². The number of hydrogen-bond donors (Lipinski definition) is 2. The first-order valence-corrected chi connectivity index (χ1v) is 10.6. The van der Waals surface area contributed by atoms with Crippen molar-refractivity contribution in [2.24, 2.45) is 0 Å². The minimum Gasteiger partial charge on any atom is -0.389 e. The highest BCUT2D eigenvalue weighted by Crippen LogP contribution is 2.30. The molecule has 5 heteroatoms. The van der Waals surface area contributed by atoms with Gasteiger partial charge in [-0.05, 0) is 31.4 Å². The molecule has 2 aromatic carbocycles. The Hall–Kier alpha value is -2.89. The van der Waals surface area contributed by atoms with Gasteiger partial charge in [0.15, 0.2) is 0 Å². The van der Waals surface area contributed by atoms with Crippen LogP contribution in [0.1, 0.15) is 29.9 Å². The molecule has 0 atom stereocenters. The summed E-state index contributed by atoms with van der Waals surface area (Å²) in [5.74, 6) is 0.747. The second kappa shape index (κ2) is 7.74. The van der Waals surface area contributed by atoms with Gasteiger partial charge in [0.05, 0.1) is 5.60 Å². The van der Waals surface area contributed by atoms with Gasteiger partial charge in [0.2, 0.25) is 0 Å². The van der Waals surface area contributed by atoms with Crippen molar-refractivity contribution in [3.05, 3.63) is 77.7 Å². The number of rotatable bonds is 5. The number of aliphatic hydroxyl groups is 1. The van der Waals surface area contributed by atoms with Crippen LogP contribution in [-0.2, 0) is 13.0 Å². The number of piperidine rings is 1. The van der Waals surface area contributed by atoms with E-state index >= 15 is 0 Å². The van der Waals surface area contributed by atoms with Crippen LogP contribution < -0.4 is 0 Å². The number of fused-ring (bicyclic) bond motifs is 1. The Morgan fingerprint density at radius 3 is 2.60 bits per heavy atom. The molecule has 5 rings (SSSR count). The van der Waals surface area contributed by atoms with Gasteiger partial charge < -0.3 is 14.6 Å². The van der Waals surface area contributed by atoms with Crippen LogP contribution in [-0.4, -0.2) is 38.8 Å². The van der Waals surface area contributed by atoms with Gasteiger partial charge in [-0.1, -0.05) is 53.7 Å². The highest BCUT2D eigenvalue weighted by atomic mass is 16.5. The van der Waals surface area contributed by atoms with Crippen LogP contribution in [0.4, 0.5) is 0 Å². The van der Waals surface area contributed by atoms with Gasteiger partial charge in [-0.3, -0.25) is 4.90 Å². The molecule has 1 saturated heterocycles. The zero-order chi connectivity index (χ0) is 20.6. The van der Waals surface area contributed by atoms with Crippen LogP contribution >= 0.6 is 0 Å². The summed E-state index contributed by atoms with van der Waals surface area (Å²) in [6.45, 7) is 4.79. The molecular weight excluding hydrogens is 374 g/mol. The van der Waals surface area contributed by atoms with Crippen LogP contribution in [0, 0.1) is 6.92 Å². The maximum Gasteiger partial charge on any atom is 0.140 e. The van der Waals surface area contributed by atoms with E-state index in [1.807, 2.05) is 36.4 Å². The molecule has 5 nitrogen and oxygen atoms in total. The van der Waals surface area contributed by atoms with E-state index in [4.69, 9.17) is 4.52 Å². The van der Waals surface area contributed by atoms with Crippen molar-refractivity contribution in [2.75, 3.05) is 13.1 Å². The van der Waals surface area contributed by atoms with E-state index in [0.29, 0.717) is 6.42 Å². The molecule has 154 valence electrons. The number of para-hydroxylation sites is 1. The van der Waals surface area contributed by atoms with E-state index in [1.165, 1.54) is 22.2 Å². The van der Waals surface area contributed by atoms with Gasteiger partial charge in [-0.15, -0.1) is 0 Å². The van der Waals surface area contributed by atoms with E-state index in [2.05, 4.69) is 46.2 Å². The van der Waals surface area contributed by atoms with Gasteiger partial charge in [0, 0.05) is 54.3 Å². The standard InChI is InChI=1S/C25H27N3O2/c1-18-22(21-9-5-6-10-23(21)26-18)17-28-13-11-25(29,12-14-28)16-20-15-24(27-30-20)19-7-3-2-4-8-19/h2-10,15,26,29H,11-14,16-17H2,1H3. The first-order valence-electron chi connectivity index (χ1n) is 10.6. The van der Waals surface area contributed by atoms with Crippen LogP contribution in [0.25, 0.3) is 22.2 Å². The number of aryl methyl sites for hydroxylation is 1. The summed E-state index contributed by atoms with van der Waals surface area (Å²) in [6, 6.07) is 20.4. The van der Waals surface area contributed by atoms with Crippen molar-refractivity contribution < 1.29 is 9.63 Å². The number of benzene rings is 2. The zero-order valence-electron chi connectivity index (χ0n) is 17.3. The summed E-state index contributed by atoms with van der Waals surface area (Å²) in [5.41, 5.74) is 4.90. The molecule has 2 aromatic heterocycles. The van der Waals surface area contributed by atoms with E-state index < -0.39 is 5.60 Å². The maximum absolute atomic E-state index is 11.2. The summed E-state index contributed by atoms with van der Waals surface area (Å²) in [6.07, 6.45) is 1.97. The number of hydrogen-bond acceptors (Lipinski definition) is 4. The SMILES string of the molecule is Cc1[nH]c2ccccc2c1CN1CCC(O)(Cc2cc(-c3ccccc3)no2)CC1. The third-order valence-corrected chi connectivity index (χ3v) is 6.33. The molecule has 0 radical (unpaired) electrons. The summed E-state index contributed by atoms with van der Waals surface area (Å²) >= 11 is 0. The highest BCUT2D eigenvalue weighted by molar-refractivity contribution is 5.84. The number of aromatic amines is 1. The number of nitrogens with one attached hydrogen (secondary N) is 1. The van der Waals surface area contributed by atoms with Crippen LogP contribution in [0.2, 0.25) is 0 Å². The molecule has 0 bridgehead atoms. The van der Waals surface area contributed by atoms with Gasteiger partial charge >= 0.3 is 0 Å². The summed E-state index contributed by atoms with van der Waals surface area (Å²) in [4.78, 5) is 5.92. The molecule has 0 amide bonds.